The molecule has 1 atom stereocenters. The summed E-state index contributed by atoms with van der Waals surface area (Å²) in [6.45, 7) is 1.83. The predicted octanol–water partition coefficient (Wildman–Crippen LogP) is 2.25. The number of nitrogens with zero attached hydrogens (tertiary/aromatic N) is 2. The predicted molar refractivity (Wildman–Crippen MR) is 68.3 cm³/mol. The number of anilines is 1. The number of carboxylic acids is 1. The summed E-state index contributed by atoms with van der Waals surface area (Å²) in [5, 5.41) is 17.5. The van der Waals surface area contributed by atoms with Crippen molar-refractivity contribution in [2.45, 2.75) is 19.3 Å². The summed E-state index contributed by atoms with van der Waals surface area (Å²) in [7, 11) is 0. The lowest BCUT2D eigenvalue weighted by molar-refractivity contribution is -0.137. The maximum absolute atomic E-state index is 10.5. The molecule has 1 fully saturated rings. The van der Waals surface area contributed by atoms with Crippen molar-refractivity contribution in [1.82, 2.24) is 0 Å². The number of benzene rings is 1. The lowest BCUT2D eigenvalue weighted by Gasteiger charge is -2.18. The third kappa shape index (κ3) is 3.01. The minimum Gasteiger partial charge on any atom is -0.481 e. The molecule has 1 heterocycles. The molecule has 4 nitrogen and oxygen atoms in total. The van der Waals surface area contributed by atoms with Crippen molar-refractivity contribution in [1.29, 1.82) is 5.26 Å². The lowest BCUT2D eigenvalue weighted by Crippen LogP contribution is -2.19. The van der Waals surface area contributed by atoms with Crippen LogP contribution >= 0.6 is 0 Å². The van der Waals surface area contributed by atoms with Crippen LogP contribution in [0.3, 0.4) is 0 Å². The first-order valence-corrected chi connectivity index (χ1v) is 6.16. The smallest absolute Gasteiger partial charge is 0.303 e. The van der Waals surface area contributed by atoms with Gasteiger partial charge in [-0.25, -0.2) is 0 Å². The minimum atomic E-state index is -0.722. The molecule has 0 saturated carbocycles. The molecule has 1 unspecified atom stereocenters. The van der Waals surface area contributed by atoms with Gasteiger partial charge in [0.1, 0.15) is 0 Å². The Hall–Kier alpha value is -2.02. The molecule has 94 valence electrons. The molecule has 1 aliphatic heterocycles. The van der Waals surface area contributed by atoms with Crippen molar-refractivity contribution >= 4 is 11.7 Å². The summed E-state index contributed by atoms with van der Waals surface area (Å²) in [6.07, 6.45) is 2.02. The highest BCUT2D eigenvalue weighted by Gasteiger charge is 2.23. The highest BCUT2D eigenvalue weighted by Crippen LogP contribution is 2.26. The maximum atomic E-state index is 10.5. The second-order valence-electron chi connectivity index (χ2n) is 4.70. The number of hydrogen-bond acceptors (Lipinski definition) is 3. The molecule has 1 saturated heterocycles. The van der Waals surface area contributed by atoms with Crippen LogP contribution in [0.1, 0.15) is 24.8 Å². The average molecular weight is 244 g/mol. The number of aliphatic carboxylic acids is 1. The van der Waals surface area contributed by atoms with Crippen molar-refractivity contribution in [2.75, 3.05) is 18.0 Å². The molecule has 0 spiro atoms. The van der Waals surface area contributed by atoms with Gasteiger partial charge in [0.05, 0.1) is 11.6 Å². The van der Waals surface area contributed by atoms with Crippen LogP contribution in [0.4, 0.5) is 5.69 Å². The molecule has 1 N–H and O–H groups in total. The number of carbonyl (C=O) groups is 1. The van der Waals surface area contributed by atoms with Gasteiger partial charge in [0.15, 0.2) is 0 Å². The zero-order valence-electron chi connectivity index (χ0n) is 10.2. The molecular formula is C14H16N2O2. The molecular weight excluding hydrogens is 228 g/mol. The van der Waals surface area contributed by atoms with E-state index in [0.717, 1.165) is 31.6 Å². The zero-order valence-corrected chi connectivity index (χ0v) is 10.2. The van der Waals surface area contributed by atoms with E-state index in [9.17, 15) is 4.79 Å². The van der Waals surface area contributed by atoms with E-state index in [1.807, 2.05) is 18.2 Å². The van der Waals surface area contributed by atoms with Gasteiger partial charge in [-0.05, 0) is 37.0 Å². The molecule has 0 aromatic heterocycles. The normalized spacial score (nSPS) is 18.6. The molecule has 0 amide bonds. The Morgan fingerprint density at radius 1 is 1.56 bits per heavy atom. The van der Waals surface area contributed by atoms with E-state index in [1.165, 1.54) is 0 Å². The molecule has 2 rings (SSSR count). The van der Waals surface area contributed by atoms with Gasteiger partial charge >= 0.3 is 5.97 Å². The molecule has 0 radical (unpaired) electrons. The van der Waals surface area contributed by atoms with E-state index in [-0.39, 0.29) is 6.42 Å². The quantitative estimate of drug-likeness (QED) is 0.882. The van der Waals surface area contributed by atoms with Gasteiger partial charge in [0, 0.05) is 25.2 Å². The van der Waals surface area contributed by atoms with Crippen LogP contribution in [0.2, 0.25) is 0 Å². The Balaban J connectivity index is 1.95. The van der Waals surface area contributed by atoms with Crippen molar-refractivity contribution < 1.29 is 9.90 Å². The monoisotopic (exact) mass is 244 g/mol. The Kier molecular flexibility index (Phi) is 3.83. The van der Waals surface area contributed by atoms with Crippen molar-refractivity contribution in [3.05, 3.63) is 29.8 Å². The van der Waals surface area contributed by atoms with Gasteiger partial charge in [0.25, 0.3) is 0 Å². The van der Waals surface area contributed by atoms with Crippen molar-refractivity contribution in [3.8, 4) is 6.07 Å². The first kappa shape index (κ1) is 12.4. The van der Waals surface area contributed by atoms with E-state index in [2.05, 4.69) is 11.0 Å². The second kappa shape index (κ2) is 5.54. The van der Waals surface area contributed by atoms with E-state index in [4.69, 9.17) is 10.4 Å². The van der Waals surface area contributed by atoms with Crippen LogP contribution in [0.5, 0.6) is 0 Å². The van der Waals surface area contributed by atoms with E-state index in [1.54, 1.807) is 6.07 Å². The first-order chi connectivity index (χ1) is 8.69. The largest absolute Gasteiger partial charge is 0.481 e. The summed E-state index contributed by atoms with van der Waals surface area (Å²) in [4.78, 5) is 12.8. The summed E-state index contributed by atoms with van der Waals surface area (Å²) >= 11 is 0. The summed E-state index contributed by atoms with van der Waals surface area (Å²) in [5.41, 5.74) is 1.73. The van der Waals surface area contributed by atoms with Gasteiger partial charge in [-0.15, -0.1) is 0 Å². The Labute approximate surface area is 106 Å². The summed E-state index contributed by atoms with van der Waals surface area (Å²) < 4.78 is 0. The molecule has 0 aliphatic carbocycles. The van der Waals surface area contributed by atoms with Crippen molar-refractivity contribution in [2.24, 2.45) is 5.92 Å². The number of nitriles is 1. The lowest BCUT2D eigenvalue weighted by atomic mass is 10.0. The van der Waals surface area contributed by atoms with Crippen LogP contribution < -0.4 is 4.90 Å². The first-order valence-electron chi connectivity index (χ1n) is 6.16. The molecule has 18 heavy (non-hydrogen) atoms. The fourth-order valence-electron chi connectivity index (χ4n) is 2.40. The van der Waals surface area contributed by atoms with Gasteiger partial charge < -0.3 is 10.0 Å². The fourth-order valence-corrected chi connectivity index (χ4v) is 2.40. The van der Waals surface area contributed by atoms with Gasteiger partial charge in [-0.1, -0.05) is 6.07 Å². The molecule has 4 heteroatoms. The third-order valence-corrected chi connectivity index (χ3v) is 3.39. The highest BCUT2D eigenvalue weighted by molar-refractivity contribution is 5.66. The van der Waals surface area contributed by atoms with Crippen molar-refractivity contribution in [3.63, 3.8) is 0 Å². The van der Waals surface area contributed by atoms with Gasteiger partial charge in [-0.2, -0.15) is 5.26 Å². The minimum absolute atomic E-state index is 0.247. The van der Waals surface area contributed by atoms with Crippen LogP contribution in [-0.4, -0.2) is 24.2 Å². The summed E-state index contributed by atoms with van der Waals surface area (Å²) in [6, 6.07) is 9.71. The third-order valence-electron chi connectivity index (χ3n) is 3.39. The van der Waals surface area contributed by atoms with E-state index in [0.29, 0.717) is 11.5 Å². The summed E-state index contributed by atoms with van der Waals surface area (Å²) in [5.74, 6) is -0.272. The zero-order chi connectivity index (χ0) is 13.0. The van der Waals surface area contributed by atoms with Crippen LogP contribution in [0, 0.1) is 17.2 Å². The van der Waals surface area contributed by atoms with E-state index < -0.39 is 5.97 Å². The average Bonchev–Trinajstić information content (AvgIpc) is 2.85. The van der Waals surface area contributed by atoms with Crippen LogP contribution in [0.25, 0.3) is 0 Å². The van der Waals surface area contributed by atoms with E-state index >= 15 is 0 Å². The highest BCUT2D eigenvalue weighted by atomic mass is 16.4. The fraction of sp³-hybridized carbons (Fsp3) is 0.429. The molecule has 0 bridgehead atoms. The Morgan fingerprint density at radius 2 is 2.39 bits per heavy atom. The second-order valence-corrected chi connectivity index (χ2v) is 4.70. The number of carboxylic acid groups (broad SMARTS) is 1. The van der Waals surface area contributed by atoms with Crippen LogP contribution in [-0.2, 0) is 4.79 Å². The number of hydrogen-bond donors (Lipinski definition) is 1. The van der Waals surface area contributed by atoms with Gasteiger partial charge in [-0.3, -0.25) is 4.79 Å². The molecule has 1 aromatic rings. The standard InChI is InChI=1S/C14H16N2O2/c15-9-12-2-1-3-13(8-12)16-7-6-11(10-16)4-5-14(17)18/h1-3,8,11H,4-7,10H2,(H,17,18). The SMILES string of the molecule is N#Cc1cccc(N2CCC(CCC(=O)O)C2)c1. The molecule has 1 aliphatic rings. The topological polar surface area (TPSA) is 64.3 Å². The molecule has 1 aromatic carbocycles. The Morgan fingerprint density at radius 3 is 3.11 bits per heavy atom. The van der Waals surface area contributed by atoms with Crippen LogP contribution in [0.15, 0.2) is 24.3 Å². The number of rotatable bonds is 4. The maximum Gasteiger partial charge on any atom is 0.303 e. The Bertz CT molecular complexity index is 479. The van der Waals surface area contributed by atoms with Gasteiger partial charge in [0.2, 0.25) is 0 Å².